The van der Waals surface area contributed by atoms with Crippen LogP contribution in [0.4, 0.5) is 5.69 Å². The molecule has 0 fully saturated rings. The lowest BCUT2D eigenvalue weighted by Gasteiger charge is -2.13. The van der Waals surface area contributed by atoms with Crippen molar-refractivity contribution >= 4 is 28.5 Å². The second-order valence-corrected chi connectivity index (χ2v) is 6.66. The van der Waals surface area contributed by atoms with Gasteiger partial charge in [0.15, 0.2) is 0 Å². The maximum absolute atomic E-state index is 12.7. The van der Waals surface area contributed by atoms with E-state index in [0.29, 0.717) is 40.4 Å². The van der Waals surface area contributed by atoms with E-state index in [4.69, 9.17) is 18.7 Å². The quantitative estimate of drug-likeness (QED) is 0.563. The lowest BCUT2D eigenvalue weighted by Crippen LogP contribution is -2.14. The summed E-state index contributed by atoms with van der Waals surface area (Å²) in [7, 11) is 4.86. The van der Waals surface area contributed by atoms with E-state index >= 15 is 0 Å². The lowest BCUT2D eigenvalue weighted by molar-refractivity contribution is -0.116. The number of carbonyl (C=O) groups excluding carboxylic acids is 2. The molecule has 1 N–H and O–H groups in total. The molecule has 0 spiro atoms. The van der Waals surface area contributed by atoms with Crippen LogP contribution in [0.1, 0.15) is 35.2 Å². The van der Waals surface area contributed by atoms with Gasteiger partial charge in [0.05, 0.1) is 37.6 Å². The van der Waals surface area contributed by atoms with E-state index in [1.807, 2.05) is 24.6 Å². The molecule has 0 atom stereocenters. The van der Waals surface area contributed by atoms with Crippen LogP contribution in [0.5, 0.6) is 11.6 Å². The summed E-state index contributed by atoms with van der Waals surface area (Å²) in [6.07, 6.45) is 0.498. The van der Waals surface area contributed by atoms with E-state index < -0.39 is 5.97 Å². The number of rotatable bonds is 8. The Labute approximate surface area is 173 Å². The second kappa shape index (κ2) is 8.89. The van der Waals surface area contributed by atoms with E-state index in [1.54, 1.807) is 19.1 Å². The minimum absolute atomic E-state index is 0.151. The molecule has 0 unspecified atom stereocenters. The average Bonchev–Trinajstić information content (AvgIpc) is 3.30. The molecule has 9 heteroatoms. The van der Waals surface area contributed by atoms with E-state index in [-0.39, 0.29) is 18.9 Å². The molecule has 1 amide bonds. The molecule has 0 aliphatic heterocycles. The topological polar surface area (TPSA) is 105 Å². The first kappa shape index (κ1) is 21.2. The first-order valence-electron chi connectivity index (χ1n) is 9.53. The van der Waals surface area contributed by atoms with Gasteiger partial charge in [-0.1, -0.05) is 0 Å². The van der Waals surface area contributed by atoms with Crippen molar-refractivity contribution < 1.29 is 28.3 Å². The van der Waals surface area contributed by atoms with Crippen molar-refractivity contribution in [3.63, 3.8) is 0 Å². The van der Waals surface area contributed by atoms with Crippen molar-refractivity contribution in [1.29, 1.82) is 0 Å². The summed E-state index contributed by atoms with van der Waals surface area (Å²) in [5, 5.41) is 7.20. The molecule has 0 saturated carbocycles. The summed E-state index contributed by atoms with van der Waals surface area (Å²) in [6.45, 7) is 3.84. The summed E-state index contributed by atoms with van der Waals surface area (Å²) >= 11 is 0. The molecule has 0 saturated heterocycles. The van der Waals surface area contributed by atoms with Crippen LogP contribution in [-0.2, 0) is 23.0 Å². The molecule has 0 bridgehead atoms. The summed E-state index contributed by atoms with van der Waals surface area (Å²) in [5.74, 6) is 0.643. The minimum Gasteiger partial charge on any atom is -0.495 e. The highest BCUT2D eigenvalue weighted by molar-refractivity contribution is 6.14. The van der Waals surface area contributed by atoms with Gasteiger partial charge >= 0.3 is 5.97 Å². The van der Waals surface area contributed by atoms with E-state index in [9.17, 15) is 9.59 Å². The normalized spacial score (nSPS) is 10.8. The number of amides is 1. The molecule has 0 aliphatic carbocycles. The monoisotopic (exact) mass is 415 g/mol. The van der Waals surface area contributed by atoms with Crippen LogP contribution < -0.4 is 14.8 Å². The van der Waals surface area contributed by atoms with Crippen molar-refractivity contribution in [1.82, 2.24) is 9.72 Å². The number of anilines is 1. The number of esters is 1. The maximum atomic E-state index is 12.7. The van der Waals surface area contributed by atoms with Gasteiger partial charge in [0, 0.05) is 37.0 Å². The molecular formula is C21H25N3O6. The fourth-order valence-corrected chi connectivity index (χ4v) is 3.33. The fraction of sp³-hybridized carbons (Fsp3) is 0.381. The molecule has 2 heterocycles. The van der Waals surface area contributed by atoms with Gasteiger partial charge in [-0.3, -0.25) is 4.79 Å². The average molecular weight is 415 g/mol. The molecule has 2 aromatic heterocycles. The van der Waals surface area contributed by atoms with Gasteiger partial charge in [0.25, 0.3) is 5.88 Å². The summed E-state index contributed by atoms with van der Waals surface area (Å²) < 4.78 is 22.7. The van der Waals surface area contributed by atoms with Gasteiger partial charge in [-0.25, -0.2) is 4.79 Å². The van der Waals surface area contributed by atoms with Crippen molar-refractivity contribution in [3.8, 4) is 11.6 Å². The van der Waals surface area contributed by atoms with E-state index in [1.165, 1.54) is 14.2 Å². The van der Waals surface area contributed by atoms with Crippen LogP contribution in [-0.4, -0.2) is 42.4 Å². The predicted octanol–water partition coefficient (Wildman–Crippen LogP) is 3.24. The molecule has 160 valence electrons. The van der Waals surface area contributed by atoms with Crippen LogP contribution in [0.15, 0.2) is 22.7 Å². The van der Waals surface area contributed by atoms with Gasteiger partial charge in [0.2, 0.25) is 5.91 Å². The number of carbonyl (C=O) groups is 2. The first-order valence-corrected chi connectivity index (χ1v) is 9.53. The smallest absolute Gasteiger partial charge is 0.340 e. The third-order valence-corrected chi connectivity index (χ3v) is 4.93. The second-order valence-electron chi connectivity index (χ2n) is 6.66. The predicted molar refractivity (Wildman–Crippen MR) is 110 cm³/mol. The van der Waals surface area contributed by atoms with E-state index in [0.717, 1.165) is 11.2 Å². The Morgan fingerprint density at radius 2 is 2.00 bits per heavy atom. The molecule has 3 rings (SSSR count). The maximum Gasteiger partial charge on any atom is 0.340 e. The number of hydrogen-bond acceptors (Lipinski definition) is 7. The number of nitrogens with zero attached hydrogens (tertiary/aromatic N) is 2. The van der Waals surface area contributed by atoms with Crippen LogP contribution in [0, 0.1) is 6.92 Å². The van der Waals surface area contributed by atoms with Crippen LogP contribution >= 0.6 is 0 Å². The van der Waals surface area contributed by atoms with Crippen LogP contribution in [0.2, 0.25) is 0 Å². The third-order valence-electron chi connectivity index (χ3n) is 4.93. The number of aromatic nitrogens is 2. The van der Waals surface area contributed by atoms with Gasteiger partial charge in [-0.15, -0.1) is 0 Å². The molecular weight excluding hydrogens is 390 g/mol. The van der Waals surface area contributed by atoms with Gasteiger partial charge < -0.3 is 28.6 Å². The molecule has 9 nitrogen and oxygen atoms in total. The van der Waals surface area contributed by atoms with E-state index in [2.05, 4.69) is 10.5 Å². The Hall–Kier alpha value is -3.49. The molecule has 3 aromatic rings. The van der Waals surface area contributed by atoms with Crippen LogP contribution in [0.25, 0.3) is 10.9 Å². The van der Waals surface area contributed by atoms with Gasteiger partial charge in [-0.05, 0) is 31.1 Å². The van der Waals surface area contributed by atoms with Crippen molar-refractivity contribution in [2.24, 2.45) is 7.05 Å². The zero-order valence-electron chi connectivity index (χ0n) is 17.7. The Morgan fingerprint density at radius 1 is 1.23 bits per heavy atom. The number of benzene rings is 1. The van der Waals surface area contributed by atoms with Gasteiger partial charge in [0.1, 0.15) is 11.5 Å². The Balaban J connectivity index is 1.95. The molecule has 1 aromatic carbocycles. The lowest BCUT2D eigenvalue weighted by atomic mass is 10.1. The molecule has 30 heavy (non-hydrogen) atoms. The van der Waals surface area contributed by atoms with Crippen LogP contribution in [0.3, 0.4) is 0 Å². The first-order chi connectivity index (χ1) is 14.4. The molecule has 0 radical (unpaired) electrons. The summed E-state index contributed by atoms with van der Waals surface area (Å²) in [5.41, 5.74) is 2.36. The standard InChI is InChI=1S/C21H25N3O6/c1-6-29-21(26)18-12(2)24(3)14-8-9-15(27-4)20(19(14)18)22-16(25)10-7-13-11-17(28-5)23-30-13/h8-9,11H,6-7,10H2,1-5H3,(H,22,25). The number of hydrogen-bond donors (Lipinski definition) is 1. The van der Waals surface area contributed by atoms with Crippen molar-refractivity contribution in [2.75, 3.05) is 26.1 Å². The Bertz CT molecular complexity index is 1080. The summed E-state index contributed by atoms with van der Waals surface area (Å²) in [6, 6.07) is 5.24. The van der Waals surface area contributed by atoms with Crippen molar-refractivity contribution in [2.45, 2.75) is 26.7 Å². The largest absolute Gasteiger partial charge is 0.495 e. The number of nitrogens with one attached hydrogen (secondary N) is 1. The zero-order chi connectivity index (χ0) is 21.8. The molecule has 0 aliphatic rings. The SMILES string of the molecule is CCOC(=O)c1c(C)n(C)c2ccc(OC)c(NC(=O)CCc3cc(OC)no3)c12. The Kier molecular flexibility index (Phi) is 6.29. The number of methoxy groups -OCH3 is 2. The third kappa shape index (κ3) is 3.96. The number of fused-ring (bicyclic) bond motifs is 1. The number of ether oxygens (including phenoxy) is 3. The highest BCUT2D eigenvalue weighted by atomic mass is 16.5. The zero-order valence-corrected chi connectivity index (χ0v) is 17.7. The summed E-state index contributed by atoms with van der Waals surface area (Å²) in [4.78, 5) is 25.3. The van der Waals surface area contributed by atoms with Crippen molar-refractivity contribution in [3.05, 3.63) is 35.2 Å². The number of aryl methyl sites for hydroxylation is 2. The minimum atomic E-state index is -0.446. The highest BCUT2D eigenvalue weighted by Gasteiger charge is 2.25. The fourth-order valence-electron chi connectivity index (χ4n) is 3.33. The Morgan fingerprint density at radius 3 is 2.63 bits per heavy atom. The highest BCUT2D eigenvalue weighted by Crippen LogP contribution is 2.38. The van der Waals surface area contributed by atoms with Gasteiger partial charge in [-0.2, -0.15) is 0 Å².